The van der Waals surface area contributed by atoms with Crippen molar-refractivity contribution in [3.63, 3.8) is 0 Å². The van der Waals surface area contributed by atoms with Gasteiger partial charge in [0.1, 0.15) is 0 Å². The summed E-state index contributed by atoms with van der Waals surface area (Å²) in [7, 11) is -3.65. The van der Waals surface area contributed by atoms with Crippen molar-refractivity contribution in [3.8, 4) is 0 Å². The Morgan fingerprint density at radius 3 is 2.54 bits per heavy atom. The lowest BCUT2D eigenvalue weighted by molar-refractivity contribution is -0.120. The molecule has 0 bridgehead atoms. The zero-order valence-electron chi connectivity index (χ0n) is 15.2. The Labute approximate surface area is 168 Å². The number of aromatic nitrogens is 1. The molecule has 0 unspecified atom stereocenters. The molecule has 2 aromatic carbocycles. The van der Waals surface area contributed by atoms with Crippen molar-refractivity contribution in [2.24, 2.45) is 5.92 Å². The van der Waals surface area contributed by atoms with E-state index in [1.807, 2.05) is 6.07 Å². The Morgan fingerprint density at radius 2 is 1.79 bits per heavy atom. The molecule has 0 saturated heterocycles. The fraction of sp³-hybridized carbons (Fsp3) is 0.300. The second kappa shape index (κ2) is 7.89. The van der Waals surface area contributed by atoms with Gasteiger partial charge in [-0.05, 0) is 43.2 Å². The average molecular weight is 416 g/mol. The third kappa shape index (κ3) is 4.18. The number of benzene rings is 2. The average Bonchev–Trinajstić information content (AvgIpc) is 3.10. The number of carbonyl (C=O) groups is 1. The first-order valence-corrected chi connectivity index (χ1v) is 11.6. The molecule has 1 aliphatic carbocycles. The number of carbonyl (C=O) groups excluding carboxylic acids is 1. The van der Waals surface area contributed by atoms with Crippen LogP contribution in [0.3, 0.4) is 0 Å². The molecule has 1 aromatic heterocycles. The SMILES string of the molecule is O=C(Nc1nc2cc(NS(=O)(=O)c3ccccc3)ccc2s1)C1CCCCC1. The second-order valence-corrected chi connectivity index (χ2v) is 9.66. The number of amides is 1. The highest BCUT2D eigenvalue weighted by Gasteiger charge is 2.22. The molecule has 146 valence electrons. The van der Waals surface area contributed by atoms with Gasteiger partial charge in [0.2, 0.25) is 5.91 Å². The maximum absolute atomic E-state index is 12.5. The molecule has 1 aliphatic rings. The van der Waals surface area contributed by atoms with Crippen molar-refractivity contribution in [2.75, 3.05) is 10.0 Å². The van der Waals surface area contributed by atoms with Gasteiger partial charge < -0.3 is 5.32 Å². The summed E-state index contributed by atoms with van der Waals surface area (Å²) in [5.74, 6) is 0.0952. The lowest BCUT2D eigenvalue weighted by Gasteiger charge is -2.19. The highest BCUT2D eigenvalue weighted by molar-refractivity contribution is 7.92. The largest absolute Gasteiger partial charge is 0.302 e. The normalized spacial score (nSPS) is 15.4. The van der Waals surface area contributed by atoms with Crippen molar-refractivity contribution in [1.82, 2.24) is 4.98 Å². The van der Waals surface area contributed by atoms with Gasteiger partial charge in [-0.2, -0.15) is 0 Å². The number of hydrogen-bond acceptors (Lipinski definition) is 5. The molecule has 1 amide bonds. The van der Waals surface area contributed by atoms with Crippen LogP contribution in [0.2, 0.25) is 0 Å². The molecular weight excluding hydrogens is 394 g/mol. The van der Waals surface area contributed by atoms with E-state index in [0.29, 0.717) is 16.3 Å². The van der Waals surface area contributed by atoms with Crippen molar-refractivity contribution in [1.29, 1.82) is 0 Å². The number of fused-ring (bicyclic) bond motifs is 1. The first kappa shape index (κ1) is 18.9. The molecule has 28 heavy (non-hydrogen) atoms. The minimum atomic E-state index is -3.65. The van der Waals surface area contributed by atoms with Crippen molar-refractivity contribution < 1.29 is 13.2 Å². The standard InChI is InChI=1S/C20H21N3O3S2/c24-19(14-7-3-1-4-8-14)22-20-21-17-13-15(11-12-18(17)27-20)23-28(25,26)16-9-5-2-6-10-16/h2,5-6,9-14,23H,1,3-4,7-8H2,(H,21,22,24). The molecule has 3 aromatic rings. The minimum Gasteiger partial charge on any atom is -0.302 e. The van der Waals surface area contributed by atoms with Crippen LogP contribution in [-0.2, 0) is 14.8 Å². The molecule has 0 aliphatic heterocycles. The van der Waals surface area contributed by atoms with Gasteiger partial charge >= 0.3 is 0 Å². The summed E-state index contributed by atoms with van der Waals surface area (Å²) in [6.45, 7) is 0. The van der Waals surface area contributed by atoms with Gasteiger partial charge in [0.15, 0.2) is 5.13 Å². The molecule has 0 radical (unpaired) electrons. The summed E-state index contributed by atoms with van der Waals surface area (Å²) >= 11 is 1.39. The van der Waals surface area contributed by atoms with Crippen LogP contribution in [0.15, 0.2) is 53.4 Å². The lowest BCUT2D eigenvalue weighted by atomic mass is 9.89. The lowest BCUT2D eigenvalue weighted by Crippen LogP contribution is -2.24. The first-order valence-electron chi connectivity index (χ1n) is 9.31. The van der Waals surface area contributed by atoms with E-state index in [1.54, 1.807) is 42.5 Å². The number of rotatable bonds is 5. The second-order valence-electron chi connectivity index (χ2n) is 6.94. The van der Waals surface area contributed by atoms with Crippen LogP contribution in [-0.4, -0.2) is 19.3 Å². The summed E-state index contributed by atoms with van der Waals surface area (Å²) < 4.78 is 28.4. The van der Waals surface area contributed by atoms with Crippen LogP contribution >= 0.6 is 11.3 Å². The molecule has 1 heterocycles. The van der Waals surface area contributed by atoms with Gasteiger partial charge in [0.05, 0.1) is 20.8 Å². The predicted molar refractivity (Wildman–Crippen MR) is 112 cm³/mol. The van der Waals surface area contributed by atoms with E-state index >= 15 is 0 Å². The molecule has 6 nitrogen and oxygen atoms in total. The summed E-state index contributed by atoms with van der Waals surface area (Å²) in [6.07, 6.45) is 5.27. The smallest absolute Gasteiger partial charge is 0.261 e. The van der Waals surface area contributed by atoms with E-state index in [-0.39, 0.29) is 16.7 Å². The Bertz CT molecular complexity index is 1090. The fourth-order valence-corrected chi connectivity index (χ4v) is 5.35. The number of sulfonamides is 1. The van der Waals surface area contributed by atoms with E-state index in [4.69, 9.17) is 0 Å². The van der Waals surface area contributed by atoms with Gasteiger partial charge in [-0.15, -0.1) is 0 Å². The Hall–Kier alpha value is -2.45. The minimum absolute atomic E-state index is 0.0313. The van der Waals surface area contributed by atoms with Crippen LogP contribution in [0.5, 0.6) is 0 Å². The van der Waals surface area contributed by atoms with E-state index in [1.165, 1.54) is 17.8 Å². The van der Waals surface area contributed by atoms with E-state index in [0.717, 1.165) is 30.4 Å². The first-order chi connectivity index (χ1) is 13.5. The maximum Gasteiger partial charge on any atom is 0.261 e. The Kier molecular flexibility index (Phi) is 5.32. The molecule has 4 rings (SSSR count). The third-order valence-corrected chi connectivity index (χ3v) is 7.25. The van der Waals surface area contributed by atoms with Crippen molar-refractivity contribution in [2.45, 2.75) is 37.0 Å². The van der Waals surface area contributed by atoms with Gasteiger partial charge in [0, 0.05) is 5.92 Å². The number of anilines is 2. The monoisotopic (exact) mass is 415 g/mol. The summed E-state index contributed by atoms with van der Waals surface area (Å²) in [5.41, 5.74) is 1.09. The third-order valence-electron chi connectivity index (χ3n) is 4.90. The molecule has 0 atom stereocenters. The molecule has 1 fully saturated rings. The summed E-state index contributed by atoms with van der Waals surface area (Å²) in [4.78, 5) is 17.1. The topological polar surface area (TPSA) is 88.2 Å². The van der Waals surface area contributed by atoms with Crippen LogP contribution in [0.1, 0.15) is 32.1 Å². The number of hydrogen-bond donors (Lipinski definition) is 2. The zero-order chi connectivity index (χ0) is 19.6. The molecule has 0 spiro atoms. The van der Waals surface area contributed by atoms with Crippen LogP contribution in [0.4, 0.5) is 10.8 Å². The molecular formula is C20H21N3O3S2. The Balaban J connectivity index is 1.51. The van der Waals surface area contributed by atoms with Gasteiger partial charge in [-0.25, -0.2) is 13.4 Å². The maximum atomic E-state index is 12.5. The van der Waals surface area contributed by atoms with E-state index in [9.17, 15) is 13.2 Å². The predicted octanol–water partition coefficient (Wildman–Crippen LogP) is 4.62. The van der Waals surface area contributed by atoms with Crippen molar-refractivity contribution in [3.05, 3.63) is 48.5 Å². The zero-order valence-corrected chi connectivity index (χ0v) is 16.9. The number of thiazole rings is 1. The van der Waals surface area contributed by atoms with Gasteiger partial charge in [-0.3, -0.25) is 9.52 Å². The highest BCUT2D eigenvalue weighted by Crippen LogP contribution is 2.30. The van der Waals surface area contributed by atoms with Crippen LogP contribution in [0, 0.1) is 5.92 Å². The number of nitrogens with one attached hydrogen (secondary N) is 2. The van der Waals surface area contributed by atoms with Crippen LogP contribution < -0.4 is 10.0 Å². The number of nitrogens with zero attached hydrogens (tertiary/aromatic N) is 1. The summed E-state index contributed by atoms with van der Waals surface area (Å²) in [5, 5.41) is 3.47. The van der Waals surface area contributed by atoms with E-state index < -0.39 is 10.0 Å². The fourth-order valence-electron chi connectivity index (χ4n) is 3.43. The highest BCUT2D eigenvalue weighted by atomic mass is 32.2. The van der Waals surface area contributed by atoms with Crippen LogP contribution in [0.25, 0.3) is 10.2 Å². The Morgan fingerprint density at radius 1 is 1.04 bits per heavy atom. The van der Waals surface area contributed by atoms with Crippen molar-refractivity contribution >= 4 is 48.3 Å². The summed E-state index contributed by atoms with van der Waals surface area (Å²) in [6, 6.07) is 13.4. The molecule has 2 N–H and O–H groups in total. The quantitative estimate of drug-likeness (QED) is 0.637. The van der Waals surface area contributed by atoms with E-state index in [2.05, 4.69) is 15.0 Å². The molecule has 8 heteroatoms. The van der Waals surface area contributed by atoms with Gasteiger partial charge in [-0.1, -0.05) is 48.8 Å². The van der Waals surface area contributed by atoms with Gasteiger partial charge in [0.25, 0.3) is 10.0 Å². The molecule has 1 saturated carbocycles.